The van der Waals surface area contributed by atoms with Gasteiger partial charge in [-0.15, -0.1) is 11.8 Å². The topological polar surface area (TPSA) is 68.2 Å². The van der Waals surface area contributed by atoms with Crippen LogP contribution in [0.5, 0.6) is 0 Å². The lowest BCUT2D eigenvalue weighted by atomic mass is 10.2. The maximum Gasteiger partial charge on any atom is 0.319 e. The Kier molecular flexibility index (Phi) is 9.28. The number of carbonyl (C=O) groups excluding carboxylic acids is 1. The number of carbonyl (C=O) groups is 1. The van der Waals surface area contributed by atoms with Gasteiger partial charge in [0.1, 0.15) is 0 Å². The lowest BCUT2D eigenvalue weighted by molar-refractivity contribution is 0.238. The number of para-hydroxylation sites is 1. The average Bonchev–Trinajstić information content (AvgIpc) is 2.56. The summed E-state index contributed by atoms with van der Waals surface area (Å²) in [4.78, 5) is 15.3. The number of benzene rings is 1. The van der Waals surface area contributed by atoms with E-state index in [2.05, 4.69) is 42.5 Å². The van der Waals surface area contributed by atoms with E-state index in [1.807, 2.05) is 31.2 Å². The third-order valence-corrected chi connectivity index (χ3v) is 5.11. The van der Waals surface area contributed by atoms with Crippen LogP contribution in [0.25, 0.3) is 0 Å². The summed E-state index contributed by atoms with van der Waals surface area (Å²) < 4.78 is 0. The van der Waals surface area contributed by atoms with E-state index in [1.54, 1.807) is 11.8 Å². The standard InChI is InChI=1S/C18H28N4OS/c1-5-14(2)22(4)13-12-20-18(23)21-16-8-6-7-9-17(16)24-15(3)10-11-19/h6-9,14-15H,5,10,12-13H2,1-4H3,(H2,20,21,23)/t14-,15-/m0/s1. The van der Waals surface area contributed by atoms with Crippen molar-refractivity contribution in [3.63, 3.8) is 0 Å². The third-order valence-electron chi connectivity index (χ3n) is 3.94. The first kappa shape index (κ1) is 20.3. The highest BCUT2D eigenvalue weighted by atomic mass is 32.2. The normalized spacial score (nSPS) is 13.2. The zero-order valence-corrected chi connectivity index (χ0v) is 15.8. The molecule has 1 aromatic carbocycles. The summed E-state index contributed by atoms with van der Waals surface area (Å²) in [6.45, 7) is 7.76. The maximum absolute atomic E-state index is 12.1. The summed E-state index contributed by atoms with van der Waals surface area (Å²) in [6, 6.07) is 10.2. The molecule has 0 saturated heterocycles. The Morgan fingerprint density at radius 1 is 1.38 bits per heavy atom. The van der Waals surface area contributed by atoms with Gasteiger partial charge < -0.3 is 15.5 Å². The molecule has 2 N–H and O–H groups in total. The molecule has 0 aliphatic heterocycles. The molecule has 0 spiro atoms. The number of rotatable bonds is 9. The molecule has 24 heavy (non-hydrogen) atoms. The van der Waals surface area contributed by atoms with E-state index in [0.29, 0.717) is 19.0 Å². The molecule has 0 bridgehead atoms. The molecule has 0 aliphatic carbocycles. The van der Waals surface area contributed by atoms with Crippen LogP contribution in [0.3, 0.4) is 0 Å². The van der Waals surface area contributed by atoms with Crippen molar-refractivity contribution in [2.45, 2.75) is 49.8 Å². The second-order valence-corrected chi connectivity index (χ2v) is 7.39. The number of nitrogens with zero attached hydrogens (tertiary/aromatic N) is 2. The van der Waals surface area contributed by atoms with Gasteiger partial charge in [-0.1, -0.05) is 26.0 Å². The molecule has 132 valence electrons. The molecule has 0 saturated carbocycles. The second kappa shape index (κ2) is 11.0. The monoisotopic (exact) mass is 348 g/mol. The fourth-order valence-corrected chi connectivity index (χ4v) is 3.10. The fraction of sp³-hybridized carbons (Fsp3) is 0.556. The summed E-state index contributed by atoms with van der Waals surface area (Å²) in [5.41, 5.74) is 0.778. The fourth-order valence-electron chi connectivity index (χ4n) is 2.10. The van der Waals surface area contributed by atoms with E-state index in [9.17, 15) is 4.79 Å². The predicted molar refractivity (Wildman–Crippen MR) is 101 cm³/mol. The van der Waals surface area contributed by atoms with Crippen molar-refractivity contribution >= 4 is 23.5 Å². The first-order valence-corrected chi connectivity index (χ1v) is 9.23. The van der Waals surface area contributed by atoms with Crippen molar-refractivity contribution in [2.75, 3.05) is 25.5 Å². The van der Waals surface area contributed by atoms with E-state index in [1.165, 1.54) is 0 Å². The smallest absolute Gasteiger partial charge is 0.319 e. The highest BCUT2D eigenvalue weighted by Crippen LogP contribution is 2.31. The van der Waals surface area contributed by atoms with Crippen LogP contribution in [0.4, 0.5) is 10.5 Å². The molecule has 0 heterocycles. The Balaban J connectivity index is 2.51. The average molecular weight is 349 g/mol. The van der Waals surface area contributed by atoms with E-state index in [0.717, 1.165) is 23.5 Å². The highest BCUT2D eigenvalue weighted by Gasteiger charge is 2.11. The van der Waals surface area contributed by atoms with Crippen molar-refractivity contribution in [3.05, 3.63) is 24.3 Å². The van der Waals surface area contributed by atoms with Crippen LogP contribution in [-0.4, -0.2) is 42.4 Å². The Hall–Kier alpha value is -1.71. The SMILES string of the molecule is CC[C@H](C)N(C)CCNC(=O)Nc1ccccc1S[C@@H](C)CC#N. The molecular formula is C18H28N4OS. The largest absolute Gasteiger partial charge is 0.337 e. The van der Waals surface area contributed by atoms with E-state index >= 15 is 0 Å². The van der Waals surface area contributed by atoms with Crippen molar-refractivity contribution in [1.82, 2.24) is 10.2 Å². The van der Waals surface area contributed by atoms with Gasteiger partial charge in [-0.25, -0.2) is 4.79 Å². The quantitative estimate of drug-likeness (QED) is 0.664. The van der Waals surface area contributed by atoms with Gasteiger partial charge >= 0.3 is 6.03 Å². The van der Waals surface area contributed by atoms with E-state index in [4.69, 9.17) is 5.26 Å². The van der Waals surface area contributed by atoms with Crippen molar-refractivity contribution < 1.29 is 4.79 Å². The van der Waals surface area contributed by atoms with Gasteiger partial charge in [0.2, 0.25) is 0 Å². The number of likely N-dealkylation sites (N-methyl/N-ethyl adjacent to an activating group) is 1. The number of amides is 2. The molecule has 5 nitrogen and oxygen atoms in total. The van der Waals surface area contributed by atoms with Gasteiger partial charge in [-0.05, 0) is 32.5 Å². The van der Waals surface area contributed by atoms with Gasteiger partial charge in [0, 0.05) is 35.7 Å². The van der Waals surface area contributed by atoms with Crippen LogP contribution >= 0.6 is 11.8 Å². The highest BCUT2D eigenvalue weighted by molar-refractivity contribution is 8.00. The maximum atomic E-state index is 12.1. The molecule has 2 atom stereocenters. The minimum absolute atomic E-state index is 0.185. The Morgan fingerprint density at radius 3 is 2.75 bits per heavy atom. The lowest BCUT2D eigenvalue weighted by Crippen LogP contribution is -2.38. The van der Waals surface area contributed by atoms with Crippen LogP contribution in [0.2, 0.25) is 0 Å². The lowest BCUT2D eigenvalue weighted by Gasteiger charge is -2.23. The predicted octanol–water partition coefficient (Wildman–Crippen LogP) is 3.93. The number of nitrogens with one attached hydrogen (secondary N) is 2. The summed E-state index contributed by atoms with van der Waals surface area (Å²) >= 11 is 1.60. The van der Waals surface area contributed by atoms with Crippen LogP contribution in [-0.2, 0) is 0 Å². The Bertz CT molecular complexity index is 558. The van der Waals surface area contributed by atoms with Gasteiger partial charge in [0.25, 0.3) is 0 Å². The second-order valence-electron chi connectivity index (χ2n) is 5.91. The van der Waals surface area contributed by atoms with Gasteiger partial charge in [0.15, 0.2) is 0 Å². The number of nitriles is 1. The van der Waals surface area contributed by atoms with Crippen LogP contribution < -0.4 is 10.6 Å². The zero-order chi connectivity index (χ0) is 17.9. The molecule has 1 rings (SSSR count). The minimum Gasteiger partial charge on any atom is -0.337 e. The van der Waals surface area contributed by atoms with Gasteiger partial charge in [-0.2, -0.15) is 5.26 Å². The number of hydrogen-bond donors (Lipinski definition) is 2. The van der Waals surface area contributed by atoms with Gasteiger partial charge in [0.05, 0.1) is 11.8 Å². The zero-order valence-electron chi connectivity index (χ0n) is 15.0. The molecular weight excluding hydrogens is 320 g/mol. The van der Waals surface area contributed by atoms with Crippen molar-refractivity contribution in [2.24, 2.45) is 0 Å². The number of thioether (sulfide) groups is 1. The van der Waals surface area contributed by atoms with Crippen LogP contribution in [0.15, 0.2) is 29.2 Å². The van der Waals surface area contributed by atoms with E-state index < -0.39 is 0 Å². The molecule has 1 aromatic rings. The third kappa shape index (κ3) is 7.24. The van der Waals surface area contributed by atoms with Gasteiger partial charge in [-0.3, -0.25) is 0 Å². The molecule has 6 heteroatoms. The molecule has 0 fully saturated rings. The Morgan fingerprint density at radius 2 is 2.08 bits per heavy atom. The minimum atomic E-state index is -0.200. The number of hydrogen-bond acceptors (Lipinski definition) is 4. The Labute approximate surface area is 149 Å². The molecule has 0 unspecified atom stereocenters. The van der Waals surface area contributed by atoms with Crippen molar-refractivity contribution in [1.29, 1.82) is 5.26 Å². The number of urea groups is 1. The molecule has 2 amide bonds. The van der Waals surface area contributed by atoms with E-state index in [-0.39, 0.29) is 11.3 Å². The molecule has 0 aromatic heterocycles. The summed E-state index contributed by atoms with van der Waals surface area (Å²) in [5.74, 6) is 0. The summed E-state index contributed by atoms with van der Waals surface area (Å²) in [7, 11) is 2.07. The molecule has 0 radical (unpaired) electrons. The number of anilines is 1. The van der Waals surface area contributed by atoms with Crippen LogP contribution in [0.1, 0.15) is 33.6 Å². The first-order chi connectivity index (χ1) is 11.5. The van der Waals surface area contributed by atoms with Crippen molar-refractivity contribution in [3.8, 4) is 6.07 Å². The summed E-state index contributed by atoms with van der Waals surface area (Å²) in [5, 5.41) is 14.8. The first-order valence-electron chi connectivity index (χ1n) is 8.35. The van der Waals surface area contributed by atoms with Crippen LogP contribution in [0, 0.1) is 11.3 Å². The summed E-state index contributed by atoms with van der Waals surface area (Å²) in [6.07, 6.45) is 1.57. The molecule has 0 aliphatic rings.